The average Bonchev–Trinajstić information content (AvgIpc) is 3.36. The second-order valence-corrected chi connectivity index (χ2v) is 18.5. The average molecular weight is 353 g/mol. The maximum absolute atomic E-state index is 2.46. The molecule has 1 saturated carbocycles. The summed E-state index contributed by atoms with van der Waals surface area (Å²) in [4.78, 5) is 0. The summed E-state index contributed by atoms with van der Waals surface area (Å²) in [6, 6.07) is 22.6. The van der Waals surface area contributed by atoms with Gasteiger partial charge in [0.25, 0.3) is 0 Å². The SMILES string of the molecule is C[CH2][Ge]([CH2]C)([CH2]C)[CH]1CC1(c1ccccc1)c1ccccc1. The molecule has 1 unspecified atom stereocenters. The Kier molecular flexibility index (Phi) is 4.50. The third kappa shape index (κ3) is 2.36. The maximum atomic E-state index is 2.46. The van der Waals surface area contributed by atoms with Crippen LogP contribution in [0, 0.1) is 0 Å². The van der Waals surface area contributed by atoms with Crippen LogP contribution in [0.2, 0.25) is 20.5 Å². The van der Waals surface area contributed by atoms with Gasteiger partial charge < -0.3 is 0 Å². The number of benzene rings is 2. The molecule has 1 heteroatoms. The van der Waals surface area contributed by atoms with E-state index in [1.54, 1.807) is 11.1 Å². The Morgan fingerprint density at radius 1 is 0.773 bits per heavy atom. The quantitative estimate of drug-likeness (QED) is 0.538. The molecular weight excluding hydrogens is 325 g/mol. The molecule has 0 radical (unpaired) electrons. The van der Waals surface area contributed by atoms with Gasteiger partial charge in [-0.15, -0.1) is 0 Å². The molecular formula is C21H28Ge. The van der Waals surface area contributed by atoms with Crippen LogP contribution in [0.15, 0.2) is 60.7 Å². The summed E-state index contributed by atoms with van der Waals surface area (Å²) >= 11 is -1.77. The van der Waals surface area contributed by atoms with E-state index < -0.39 is 13.3 Å². The zero-order valence-electron chi connectivity index (χ0n) is 14.2. The number of hydrogen-bond acceptors (Lipinski definition) is 0. The molecule has 1 fully saturated rings. The molecule has 0 aliphatic heterocycles. The molecule has 2 aromatic carbocycles. The van der Waals surface area contributed by atoms with Gasteiger partial charge in [0.1, 0.15) is 0 Å². The van der Waals surface area contributed by atoms with E-state index >= 15 is 0 Å². The second-order valence-electron chi connectivity index (χ2n) is 6.88. The van der Waals surface area contributed by atoms with Crippen LogP contribution in [0.5, 0.6) is 0 Å². The molecule has 2 aromatic rings. The fourth-order valence-electron chi connectivity index (χ4n) is 4.77. The molecule has 0 nitrogen and oxygen atoms in total. The van der Waals surface area contributed by atoms with Crippen LogP contribution in [-0.2, 0) is 5.41 Å². The molecule has 3 rings (SSSR count). The van der Waals surface area contributed by atoms with Crippen molar-refractivity contribution in [3.05, 3.63) is 71.8 Å². The summed E-state index contributed by atoms with van der Waals surface area (Å²) in [6.45, 7) is 7.39. The van der Waals surface area contributed by atoms with Gasteiger partial charge in [-0.05, 0) is 0 Å². The van der Waals surface area contributed by atoms with E-state index in [4.69, 9.17) is 0 Å². The van der Waals surface area contributed by atoms with E-state index in [1.165, 1.54) is 22.2 Å². The van der Waals surface area contributed by atoms with Gasteiger partial charge in [-0.3, -0.25) is 0 Å². The molecule has 116 valence electrons. The summed E-state index contributed by atoms with van der Waals surface area (Å²) in [5.41, 5.74) is 3.43. The van der Waals surface area contributed by atoms with Crippen LogP contribution >= 0.6 is 0 Å². The first-order valence-corrected chi connectivity index (χ1v) is 14.5. The molecule has 0 bridgehead atoms. The van der Waals surface area contributed by atoms with Gasteiger partial charge in [0.2, 0.25) is 0 Å². The van der Waals surface area contributed by atoms with Crippen LogP contribution in [-0.4, -0.2) is 13.3 Å². The van der Waals surface area contributed by atoms with E-state index in [-0.39, 0.29) is 0 Å². The Bertz CT molecular complexity index is 551. The van der Waals surface area contributed by atoms with Crippen molar-refractivity contribution in [3.63, 3.8) is 0 Å². The van der Waals surface area contributed by atoms with Gasteiger partial charge in [-0.25, -0.2) is 0 Å². The van der Waals surface area contributed by atoms with Crippen LogP contribution in [0.3, 0.4) is 0 Å². The number of rotatable bonds is 6. The Hall–Kier alpha value is -1.02. The van der Waals surface area contributed by atoms with E-state index in [1.807, 2.05) is 0 Å². The summed E-state index contributed by atoms with van der Waals surface area (Å²) < 4.78 is 0.956. The molecule has 0 saturated heterocycles. The predicted octanol–water partition coefficient (Wildman–Crippen LogP) is 6.26. The Morgan fingerprint density at radius 3 is 1.55 bits per heavy atom. The first-order valence-electron chi connectivity index (χ1n) is 8.84. The van der Waals surface area contributed by atoms with Gasteiger partial charge >= 0.3 is 138 Å². The second kappa shape index (κ2) is 6.24. The van der Waals surface area contributed by atoms with Crippen molar-refractivity contribution in [3.8, 4) is 0 Å². The normalized spacial score (nSPS) is 19.9. The van der Waals surface area contributed by atoms with Crippen molar-refractivity contribution in [2.45, 2.75) is 53.1 Å². The number of hydrogen-bond donors (Lipinski definition) is 0. The Balaban J connectivity index is 2.09. The molecule has 22 heavy (non-hydrogen) atoms. The molecule has 0 heterocycles. The van der Waals surface area contributed by atoms with E-state index in [0.29, 0.717) is 5.41 Å². The van der Waals surface area contributed by atoms with Crippen molar-refractivity contribution in [1.29, 1.82) is 0 Å². The van der Waals surface area contributed by atoms with Crippen LogP contribution in [0.25, 0.3) is 0 Å². The standard InChI is InChI=1S/C21H28Ge/c1-4-22(5-2,6-3)20-17-21(20,18-13-9-7-10-14-18)19-15-11-8-12-16-19/h7-16,20H,4-6,17H2,1-3H3. The topological polar surface area (TPSA) is 0 Å². The van der Waals surface area contributed by atoms with Crippen molar-refractivity contribution < 1.29 is 0 Å². The van der Waals surface area contributed by atoms with Crippen LogP contribution < -0.4 is 0 Å². The summed E-state index contributed by atoms with van der Waals surface area (Å²) in [5.74, 6) is 0. The van der Waals surface area contributed by atoms with E-state index in [0.717, 1.165) is 4.75 Å². The Morgan fingerprint density at radius 2 is 1.18 bits per heavy atom. The summed E-state index contributed by atoms with van der Waals surface area (Å²) in [7, 11) is 0. The minimum absolute atomic E-state index is 0.324. The van der Waals surface area contributed by atoms with Crippen molar-refractivity contribution in [2.24, 2.45) is 0 Å². The third-order valence-corrected chi connectivity index (χ3v) is 19.8. The first kappa shape index (κ1) is 15.9. The fraction of sp³-hybridized carbons (Fsp3) is 0.429. The molecule has 1 aliphatic carbocycles. The van der Waals surface area contributed by atoms with Crippen molar-refractivity contribution >= 4 is 13.3 Å². The summed E-state index contributed by atoms with van der Waals surface area (Å²) in [6.07, 6.45) is 1.39. The first-order chi connectivity index (χ1) is 10.7. The molecule has 0 spiro atoms. The molecule has 0 N–H and O–H groups in total. The van der Waals surface area contributed by atoms with Crippen molar-refractivity contribution in [1.82, 2.24) is 0 Å². The van der Waals surface area contributed by atoms with E-state index in [2.05, 4.69) is 81.4 Å². The molecule has 0 amide bonds. The third-order valence-electron chi connectivity index (χ3n) is 6.39. The van der Waals surface area contributed by atoms with Crippen LogP contribution in [0.1, 0.15) is 38.3 Å². The van der Waals surface area contributed by atoms with E-state index in [9.17, 15) is 0 Å². The van der Waals surface area contributed by atoms with Gasteiger partial charge in [0, 0.05) is 0 Å². The van der Waals surface area contributed by atoms with Gasteiger partial charge in [-0.2, -0.15) is 0 Å². The van der Waals surface area contributed by atoms with Gasteiger partial charge in [-0.1, -0.05) is 0 Å². The van der Waals surface area contributed by atoms with Crippen molar-refractivity contribution in [2.75, 3.05) is 0 Å². The monoisotopic (exact) mass is 354 g/mol. The molecule has 1 atom stereocenters. The molecule has 1 aliphatic rings. The van der Waals surface area contributed by atoms with Gasteiger partial charge in [0.05, 0.1) is 0 Å². The minimum atomic E-state index is -1.77. The van der Waals surface area contributed by atoms with Crippen LogP contribution in [0.4, 0.5) is 0 Å². The molecule has 0 aromatic heterocycles. The zero-order chi connectivity index (χ0) is 15.6. The predicted molar refractivity (Wildman–Crippen MR) is 99.2 cm³/mol. The Labute approximate surface area is 138 Å². The van der Waals surface area contributed by atoms with Gasteiger partial charge in [0.15, 0.2) is 0 Å². The fourth-order valence-corrected chi connectivity index (χ4v) is 15.5. The summed E-state index contributed by atoms with van der Waals surface area (Å²) in [5, 5.41) is 4.41. The zero-order valence-corrected chi connectivity index (χ0v) is 16.3.